The molecule has 0 atom stereocenters. The number of rotatable bonds is 6. The molecule has 0 spiro atoms. The van der Waals surface area contributed by atoms with E-state index in [1.54, 1.807) is 51.1 Å². The summed E-state index contributed by atoms with van der Waals surface area (Å²) in [5.74, 6) is 0.865. The number of nitrogens with one attached hydrogen (secondary N) is 1. The van der Waals surface area contributed by atoms with Crippen LogP contribution in [0.25, 0.3) is 5.69 Å². The van der Waals surface area contributed by atoms with Crippen molar-refractivity contribution in [3.63, 3.8) is 0 Å². The van der Waals surface area contributed by atoms with E-state index in [0.717, 1.165) is 11.3 Å². The van der Waals surface area contributed by atoms with Crippen molar-refractivity contribution < 1.29 is 14.3 Å². The van der Waals surface area contributed by atoms with Crippen molar-refractivity contribution in [1.29, 1.82) is 0 Å². The summed E-state index contributed by atoms with van der Waals surface area (Å²) in [6.07, 6.45) is 0.111. The predicted octanol–water partition coefficient (Wildman–Crippen LogP) is 2.68. The Morgan fingerprint density at radius 1 is 1.04 bits per heavy atom. The predicted molar refractivity (Wildman–Crippen MR) is 108 cm³/mol. The second-order valence-electron chi connectivity index (χ2n) is 6.35. The van der Waals surface area contributed by atoms with Crippen LogP contribution in [-0.2, 0) is 18.3 Å². The molecule has 0 bridgehead atoms. The highest BCUT2D eigenvalue weighted by Crippen LogP contribution is 2.27. The van der Waals surface area contributed by atoms with Gasteiger partial charge in [-0.05, 0) is 36.8 Å². The van der Waals surface area contributed by atoms with Crippen molar-refractivity contribution in [3.05, 3.63) is 70.1 Å². The molecule has 146 valence electrons. The molecule has 0 saturated carbocycles. The van der Waals surface area contributed by atoms with Gasteiger partial charge in [-0.25, -0.2) is 4.68 Å². The molecule has 0 saturated heterocycles. The first-order valence-electron chi connectivity index (χ1n) is 8.81. The highest BCUT2D eigenvalue weighted by atomic mass is 16.5. The molecule has 0 aliphatic heterocycles. The van der Waals surface area contributed by atoms with Gasteiger partial charge in [0, 0.05) is 7.05 Å². The summed E-state index contributed by atoms with van der Waals surface area (Å²) in [6.45, 7) is 1.80. The van der Waals surface area contributed by atoms with Crippen LogP contribution in [0.3, 0.4) is 0 Å². The zero-order valence-electron chi connectivity index (χ0n) is 16.4. The van der Waals surface area contributed by atoms with Crippen LogP contribution in [0.2, 0.25) is 0 Å². The number of aromatic nitrogens is 2. The van der Waals surface area contributed by atoms with Crippen LogP contribution >= 0.6 is 0 Å². The highest BCUT2D eigenvalue weighted by Gasteiger charge is 2.18. The van der Waals surface area contributed by atoms with Gasteiger partial charge in [-0.3, -0.25) is 14.3 Å². The summed E-state index contributed by atoms with van der Waals surface area (Å²) >= 11 is 0. The van der Waals surface area contributed by atoms with Crippen molar-refractivity contribution in [2.75, 3.05) is 19.5 Å². The van der Waals surface area contributed by atoms with Gasteiger partial charge in [-0.2, -0.15) is 0 Å². The Morgan fingerprint density at radius 3 is 2.36 bits per heavy atom. The minimum absolute atomic E-state index is 0.111. The quantitative estimate of drug-likeness (QED) is 0.712. The summed E-state index contributed by atoms with van der Waals surface area (Å²) in [7, 11) is 4.88. The first kappa shape index (κ1) is 19.3. The van der Waals surface area contributed by atoms with E-state index in [-0.39, 0.29) is 23.6 Å². The molecule has 1 N–H and O–H groups in total. The Morgan fingerprint density at radius 2 is 1.71 bits per heavy atom. The number of ether oxygens (including phenoxy) is 2. The topological polar surface area (TPSA) is 74.5 Å². The van der Waals surface area contributed by atoms with Crippen LogP contribution < -0.4 is 20.3 Å². The minimum atomic E-state index is -0.279. The molecular formula is C21H23N3O4. The summed E-state index contributed by atoms with van der Waals surface area (Å²) < 4.78 is 13.7. The molecule has 0 aliphatic rings. The van der Waals surface area contributed by atoms with E-state index in [1.807, 2.05) is 30.3 Å². The van der Waals surface area contributed by atoms with Gasteiger partial charge in [0.1, 0.15) is 5.69 Å². The molecular weight excluding hydrogens is 358 g/mol. The number of hydrogen-bond donors (Lipinski definition) is 1. The van der Waals surface area contributed by atoms with Crippen LogP contribution in [0.5, 0.6) is 11.5 Å². The Labute approximate surface area is 163 Å². The third-order valence-electron chi connectivity index (χ3n) is 4.63. The number of nitrogens with zero attached hydrogens (tertiary/aromatic N) is 2. The average Bonchev–Trinajstić information content (AvgIpc) is 2.91. The van der Waals surface area contributed by atoms with Gasteiger partial charge in [0.05, 0.1) is 32.0 Å². The number of hydrogen-bond acceptors (Lipinski definition) is 4. The number of carbonyl (C=O) groups excluding carboxylic acids is 1. The molecule has 0 radical (unpaired) electrons. The van der Waals surface area contributed by atoms with Gasteiger partial charge in [0.25, 0.3) is 5.56 Å². The summed E-state index contributed by atoms with van der Waals surface area (Å²) in [5.41, 5.74) is 2.17. The first-order chi connectivity index (χ1) is 13.5. The molecule has 0 aliphatic carbocycles. The molecule has 7 nitrogen and oxygen atoms in total. The molecule has 2 aromatic carbocycles. The van der Waals surface area contributed by atoms with Gasteiger partial charge < -0.3 is 14.8 Å². The van der Waals surface area contributed by atoms with E-state index in [2.05, 4.69) is 5.32 Å². The summed E-state index contributed by atoms with van der Waals surface area (Å²) in [5, 5.41) is 2.76. The van der Waals surface area contributed by atoms with Crippen LogP contribution in [0, 0.1) is 6.92 Å². The maximum atomic E-state index is 12.9. The Hall–Kier alpha value is -3.48. The average molecular weight is 381 g/mol. The van der Waals surface area contributed by atoms with Gasteiger partial charge in [-0.15, -0.1) is 0 Å². The molecule has 7 heteroatoms. The van der Waals surface area contributed by atoms with Crippen LogP contribution in [0.1, 0.15) is 11.3 Å². The molecule has 0 fully saturated rings. The number of para-hydroxylation sites is 1. The van der Waals surface area contributed by atoms with Gasteiger partial charge >= 0.3 is 0 Å². The van der Waals surface area contributed by atoms with E-state index in [4.69, 9.17) is 9.47 Å². The second kappa shape index (κ2) is 8.04. The lowest BCUT2D eigenvalue weighted by molar-refractivity contribution is -0.115. The molecule has 3 aromatic rings. The van der Waals surface area contributed by atoms with E-state index >= 15 is 0 Å². The van der Waals surface area contributed by atoms with Crippen LogP contribution in [0.4, 0.5) is 5.69 Å². The van der Waals surface area contributed by atoms with Gasteiger partial charge in [-0.1, -0.05) is 24.3 Å². The molecule has 3 rings (SSSR count). The Bertz CT molecular complexity index is 1050. The first-order valence-corrected chi connectivity index (χ1v) is 8.81. The fraction of sp³-hybridized carbons (Fsp3) is 0.238. The molecule has 1 aromatic heterocycles. The summed E-state index contributed by atoms with van der Waals surface area (Å²) in [6, 6.07) is 14.6. The van der Waals surface area contributed by atoms with E-state index in [9.17, 15) is 9.59 Å². The van der Waals surface area contributed by atoms with Crippen LogP contribution in [0.15, 0.2) is 53.3 Å². The molecule has 0 unspecified atom stereocenters. The number of benzene rings is 2. The lowest BCUT2D eigenvalue weighted by Gasteiger charge is -2.09. The van der Waals surface area contributed by atoms with Crippen LogP contribution in [-0.4, -0.2) is 29.5 Å². The monoisotopic (exact) mass is 381 g/mol. The second-order valence-corrected chi connectivity index (χ2v) is 6.35. The fourth-order valence-corrected chi connectivity index (χ4v) is 3.07. The normalized spacial score (nSPS) is 10.6. The smallest absolute Gasteiger partial charge is 0.295 e. The van der Waals surface area contributed by atoms with Crippen molar-refractivity contribution in [3.8, 4) is 17.2 Å². The number of carbonyl (C=O) groups is 1. The minimum Gasteiger partial charge on any atom is -0.493 e. The number of methoxy groups -OCH3 is 2. The van der Waals surface area contributed by atoms with Crippen molar-refractivity contribution in [1.82, 2.24) is 9.36 Å². The fourth-order valence-electron chi connectivity index (χ4n) is 3.07. The third kappa shape index (κ3) is 3.64. The zero-order chi connectivity index (χ0) is 20.3. The number of amides is 1. The Balaban J connectivity index is 1.85. The molecule has 1 heterocycles. The van der Waals surface area contributed by atoms with E-state index < -0.39 is 0 Å². The lowest BCUT2D eigenvalue weighted by Crippen LogP contribution is -2.23. The lowest BCUT2D eigenvalue weighted by atomic mass is 10.1. The largest absolute Gasteiger partial charge is 0.493 e. The Kier molecular flexibility index (Phi) is 5.54. The van der Waals surface area contributed by atoms with Crippen molar-refractivity contribution in [2.45, 2.75) is 13.3 Å². The standard InChI is InChI=1S/C21H23N3O4/c1-14-20(21(26)24(23(14)2)16-8-6-5-7-9-16)22-19(25)13-15-10-11-17(27-3)18(12-15)28-4/h5-12H,13H2,1-4H3,(H,22,25). The zero-order valence-corrected chi connectivity index (χ0v) is 16.4. The third-order valence-corrected chi connectivity index (χ3v) is 4.63. The summed E-state index contributed by atoms with van der Waals surface area (Å²) in [4.78, 5) is 25.4. The molecule has 1 amide bonds. The SMILES string of the molecule is COc1ccc(CC(=O)Nc2c(C)n(C)n(-c3ccccc3)c2=O)cc1OC. The maximum absolute atomic E-state index is 12.9. The van der Waals surface area contributed by atoms with Crippen molar-refractivity contribution in [2.24, 2.45) is 7.05 Å². The van der Waals surface area contributed by atoms with E-state index in [1.165, 1.54) is 4.68 Å². The van der Waals surface area contributed by atoms with E-state index in [0.29, 0.717) is 17.2 Å². The highest BCUT2D eigenvalue weighted by molar-refractivity contribution is 5.92. The van der Waals surface area contributed by atoms with Gasteiger partial charge in [0.2, 0.25) is 5.91 Å². The van der Waals surface area contributed by atoms with Crippen molar-refractivity contribution >= 4 is 11.6 Å². The molecule has 28 heavy (non-hydrogen) atoms. The van der Waals surface area contributed by atoms with Gasteiger partial charge in [0.15, 0.2) is 11.5 Å². The maximum Gasteiger partial charge on any atom is 0.295 e. The number of anilines is 1.